The van der Waals surface area contributed by atoms with Crippen molar-refractivity contribution >= 4 is 41.4 Å². The zero-order valence-corrected chi connectivity index (χ0v) is 20.0. The van der Waals surface area contributed by atoms with Crippen LogP contribution in [-0.2, 0) is 24.1 Å². The van der Waals surface area contributed by atoms with E-state index < -0.39 is 0 Å². The van der Waals surface area contributed by atoms with E-state index in [0.29, 0.717) is 36.1 Å². The van der Waals surface area contributed by atoms with Crippen LogP contribution in [0.3, 0.4) is 0 Å². The van der Waals surface area contributed by atoms with Gasteiger partial charge >= 0.3 is 0 Å². The summed E-state index contributed by atoms with van der Waals surface area (Å²) in [7, 11) is 0. The second kappa shape index (κ2) is 11.8. The summed E-state index contributed by atoms with van der Waals surface area (Å²) in [5.41, 5.74) is 4.74. The molecule has 1 aliphatic heterocycles. The van der Waals surface area contributed by atoms with Crippen LogP contribution in [-0.4, -0.2) is 29.8 Å². The standard InChI is InChI=1S/C25H29ClN2O2.ClH.H2O/c1-2-6-19(13-16-7-4-3-5-8-16)27-15-18-10-9-17-14-21(26)24-20(23(17)25(18)30)11-12-22(29)28-24;;/h3-5,7-8,14,18-19,27H,2,6,9-13,15H2,1H3,(H,28,29);1H;1H2. The van der Waals surface area contributed by atoms with Gasteiger partial charge in [-0.05, 0) is 54.9 Å². The van der Waals surface area contributed by atoms with Crippen LogP contribution in [0, 0.1) is 5.92 Å². The molecule has 32 heavy (non-hydrogen) atoms. The summed E-state index contributed by atoms with van der Waals surface area (Å²) in [6.07, 6.45) is 5.86. The van der Waals surface area contributed by atoms with Crippen LogP contribution in [0.2, 0.25) is 5.02 Å². The van der Waals surface area contributed by atoms with Crippen molar-refractivity contribution in [3.63, 3.8) is 0 Å². The predicted molar refractivity (Wildman–Crippen MR) is 132 cm³/mol. The quantitative estimate of drug-likeness (QED) is 0.610. The number of rotatable bonds is 7. The molecule has 7 heteroatoms. The van der Waals surface area contributed by atoms with E-state index in [1.807, 2.05) is 12.1 Å². The zero-order valence-electron chi connectivity index (χ0n) is 18.4. The van der Waals surface area contributed by atoms with Crippen molar-refractivity contribution in [2.24, 2.45) is 5.92 Å². The SMILES string of the molecule is CCCC(Cc1ccccc1)NCC1CCc2cc(Cl)c3c(c2C1=O)CCC(=O)N3.Cl.O. The second-order valence-electron chi connectivity index (χ2n) is 8.48. The number of fused-ring (bicyclic) bond motifs is 3. The van der Waals surface area contributed by atoms with Crippen molar-refractivity contribution < 1.29 is 15.1 Å². The molecule has 1 heterocycles. The van der Waals surface area contributed by atoms with Crippen molar-refractivity contribution in [1.29, 1.82) is 0 Å². The van der Waals surface area contributed by atoms with Crippen LogP contribution in [0.5, 0.6) is 0 Å². The van der Waals surface area contributed by atoms with E-state index in [-0.39, 0.29) is 35.5 Å². The Morgan fingerprint density at radius 2 is 1.91 bits per heavy atom. The minimum Gasteiger partial charge on any atom is -0.412 e. The molecule has 1 amide bonds. The first-order valence-electron chi connectivity index (χ1n) is 11.0. The highest BCUT2D eigenvalue weighted by Gasteiger charge is 2.33. The molecule has 0 fully saturated rings. The number of nitrogens with one attached hydrogen (secondary N) is 2. The molecule has 0 radical (unpaired) electrons. The monoisotopic (exact) mass is 478 g/mol. The summed E-state index contributed by atoms with van der Waals surface area (Å²) in [5, 5.41) is 7.10. The van der Waals surface area contributed by atoms with Gasteiger partial charge in [0.2, 0.25) is 5.91 Å². The topological polar surface area (TPSA) is 89.7 Å². The third-order valence-corrected chi connectivity index (χ3v) is 6.62. The highest BCUT2D eigenvalue weighted by atomic mass is 35.5. The highest BCUT2D eigenvalue weighted by Crippen LogP contribution is 2.39. The number of Topliss-reactive ketones (excluding diaryl/α,β-unsaturated/α-hetero) is 1. The van der Waals surface area contributed by atoms with Crippen LogP contribution in [0.4, 0.5) is 5.69 Å². The maximum absolute atomic E-state index is 13.4. The number of aryl methyl sites for hydroxylation is 1. The fourth-order valence-electron chi connectivity index (χ4n) is 4.78. The molecule has 0 saturated carbocycles. The van der Waals surface area contributed by atoms with Crippen LogP contribution >= 0.6 is 24.0 Å². The van der Waals surface area contributed by atoms with Gasteiger partial charge in [-0.15, -0.1) is 12.4 Å². The number of hydrogen-bond acceptors (Lipinski definition) is 3. The normalized spacial score (nSPS) is 17.9. The van der Waals surface area contributed by atoms with E-state index >= 15 is 0 Å². The first-order valence-corrected chi connectivity index (χ1v) is 11.4. The minimum atomic E-state index is -0.0332. The first-order chi connectivity index (χ1) is 14.6. The second-order valence-corrected chi connectivity index (χ2v) is 8.88. The maximum Gasteiger partial charge on any atom is 0.224 e. The molecule has 4 N–H and O–H groups in total. The molecule has 2 unspecified atom stereocenters. The molecule has 4 rings (SSSR count). The van der Waals surface area contributed by atoms with Crippen molar-refractivity contribution in [3.05, 3.63) is 63.7 Å². The Morgan fingerprint density at radius 3 is 2.62 bits per heavy atom. The van der Waals surface area contributed by atoms with Gasteiger partial charge in [0.1, 0.15) is 0 Å². The number of amides is 1. The third kappa shape index (κ3) is 5.70. The molecule has 0 aromatic heterocycles. The van der Waals surface area contributed by atoms with E-state index in [0.717, 1.165) is 48.8 Å². The molecular weight excluding hydrogens is 447 g/mol. The number of anilines is 1. The van der Waals surface area contributed by atoms with Gasteiger partial charge in [-0.25, -0.2) is 0 Å². The lowest BCUT2D eigenvalue weighted by Gasteiger charge is -2.30. The molecule has 174 valence electrons. The van der Waals surface area contributed by atoms with E-state index in [4.69, 9.17) is 11.6 Å². The summed E-state index contributed by atoms with van der Waals surface area (Å²) < 4.78 is 0. The van der Waals surface area contributed by atoms with Crippen LogP contribution < -0.4 is 10.6 Å². The fourth-order valence-corrected chi connectivity index (χ4v) is 5.08. The van der Waals surface area contributed by atoms with Crippen LogP contribution in [0.1, 0.15) is 59.7 Å². The van der Waals surface area contributed by atoms with Gasteiger partial charge in [-0.3, -0.25) is 9.59 Å². The largest absolute Gasteiger partial charge is 0.412 e. The van der Waals surface area contributed by atoms with Gasteiger partial charge < -0.3 is 16.1 Å². The Labute approximate surface area is 201 Å². The fraction of sp³-hybridized carbons (Fsp3) is 0.440. The van der Waals surface area contributed by atoms with E-state index in [1.54, 1.807) is 0 Å². The van der Waals surface area contributed by atoms with Crippen molar-refractivity contribution in [1.82, 2.24) is 5.32 Å². The molecular formula is C25H32Cl2N2O3. The predicted octanol–water partition coefficient (Wildman–Crippen LogP) is 4.57. The molecule has 0 bridgehead atoms. The van der Waals surface area contributed by atoms with Gasteiger partial charge in [0.25, 0.3) is 0 Å². The van der Waals surface area contributed by atoms with Gasteiger partial charge in [-0.2, -0.15) is 0 Å². The van der Waals surface area contributed by atoms with E-state index in [1.165, 1.54) is 5.56 Å². The van der Waals surface area contributed by atoms with Gasteiger partial charge in [-0.1, -0.05) is 55.3 Å². The average Bonchev–Trinajstić information content (AvgIpc) is 2.74. The summed E-state index contributed by atoms with van der Waals surface area (Å²) in [5.74, 6) is 0.132. The van der Waals surface area contributed by atoms with Gasteiger partial charge in [0.05, 0.1) is 10.7 Å². The molecule has 0 saturated heterocycles. The number of hydrogen-bond donors (Lipinski definition) is 2. The van der Waals surface area contributed by atoms with Crippen molar-refractivity contribution in [3.8, 4) is 0 Å². The Balaban J connectivity index is 0.00000181. The summed E-state index contributed by atoms with van der Waals surface area (Å²) in [6.45, 7) is 2.89. The van der Waals surface area contributed by atoms with E-state index in [2.05, 4.69) is 41.8 Å². The molecule has 0 spiro atoms. The maximum atomic E-state index is 13.4. The molecule has 2 aromatic carbocycles. The van der Waals surface area contributed by atoms with Gasteiger partial charge in [0, 0.05) is 30.5 Å². The Morgan fingerprint density at radius 1 is 1.16 bits per heavy atom. The number of carbonyl (C=O) groups is 2. The Bertz CT molecular complexity index is 950. The first kappa shape index (κ1) is 26.3. The minimum absolute atomic E-state index is 0. The average molecular weight is 479 g/mol. The molecule has 2 aromatic rings. The number of ketones is 1. The smallest absolute Gasteiger partial charge is 0.224 e. The van der Waals surface area contributed by atoms with Crippen LogP contribution in [0.25, 0.3) is 0 Å². The van der Waals surface area contributed by atoms with Crippen molar-refractivity contribution in [2.75, 3.05) is 11.9 Å². The summed E-state index contributed by atoms with van der Waals surface area (Å²) in [4.78, 5) is 25.2. The molecule has 1 aliphatic carbocycles. The molecule has 2 atom stereocenters. The van der Waals surface area contributed by atoms with Crippen LogP contribution in [0.15, 0.2) is 36.4 Å². The van der Waals surface area contributed by atoms with Gasteiger partial charge in [0.15, 0.2) is 5.78 Å². The lowest BCUT2D eigenvalue weighted by molar-refractivity contribution is -0.116. The Hall–Kier alpha value is -1.92. The highest BCUT2D eigenvalue weighted by molar-refractivity contribution is 6.34. The summed E-state index contributed by atoms with van der Waals surface area (Å²) in [6, 6.07) is 12.8. The number of benzene rings is 2. The molecule has 5 nitrogen and oxygen atoms in total. The number of halogens is 2. The molecule has 2 aliphatic rings. The van der Waals surface area contributed by atoms with E-state index in [9.17, 15) is 9.59 Å². The lowest BCUT2D eigenvalue weighted by Crippen LogP contribution is -2.39. The number of carbonyl (C=O) groups excluding carboxylic acids is 2. The lowest BCUT2D eigenvalue weighted by atomic mass is 9.78. The summed E-state index contributed by atoms with van der Waals surface area (Å²) >= 11 is 6.40. The van der Waals surface area contributed by atoms with Crippen molar-refractivity contribution in [2.45, 2.75) is 57.9 Å². The Kier molecular flexibility index (Phi) is 9.71. The third-order valence-electron chi connectivity index (χ3n) is 6.33. The zero-order chi connectivity index (χ0) is 21.1.